The fourth-order valence-electron chi connectivity index (χ4n) is 2.63. The molecule has 0 aliphatic heterocycles. The van der Waals surface area contributed by atoms with Crippen LogP contribution in [0.4, 0.5) is 0 Å². The van der Waals surface area contributed by atoms with Gasteiger partial charge in [0.25, 0.3) is 0 Å². The topological polar surface area (TPSA) is 32.3 Å². The number of fused-ring (bicyclic) bond motifs is 1. The van der Waals surface area contributed by atoms with Crippen molar-refractivity contribution < 1.29 is 4.79 Å². The minimum absolute atomic E-state index is 0.0624. The third kappa shape index (κ3) is 3.93. The molecule has 0 spiro atoms. The molecular formula is C19H20N2OS2. The fraction of sp³-hybridized carbons (Fsp3) is 0.211. The Kier molecular flexibility index (Phi) is 5.45. The minimum atomic E-state index is -0.0624. The number of likely N-dealkylation sites (N-methyl/N-ethyl adjacent to an activating group) is 1. The second-order valence-electron chi connectivity index (χ2n) is 5.80. The molecule has 0 bridgehead atoms. The van der Waals surface area contributed by atoms with Crippen molar-refractivity contribution in [1.82, 2.24) is 10.2 Å². The molecule has 0 aliphatic rings. The number of benzene rings is 1. The average molecular weight is 357 g/mol. The first kappa shape index (κ1) is 16.9. The molecule has 1 unspecified atom stereocenters. The van der Waals surface area contributed by atoms with Crippen LogP contribution in [0.2, 0.25) is 0 Å². The first-order chi connectivity index (χ1) is 11.6. The first-order valence-electron chi connectivity index (χ1n) is 7.76. The van der Waals surface area contributed by atoms with Gasteiger partial charge >= 0.3 is 0 Å². The molecule has 3 aromatic rings. The van der Waals surface area contributed by atoms with Crippen molar-refractivity contribution in [2.45, 2.75) is 6.04 Å². The molecular weight excluding hydrogens is 336 g/mol. The van der Waals surface area contributed by atoms with E-state index in [-0.39, 0.29) is 11.9 Å². The minimum Gasteiger partial charge on any atom is -0.351 e. The van der Waals surface area contributed by atoms with E-state index in [0.29, 0.717) is 6.54 Å². The van der Waals surface area contributed by atoms with Gasteiger partial charge in [-0.1, -0.05) is 18.2 Å². The second kappa shape index (κ2) is 7.75. The predicted molar refractivity (Wildman–Crippen MR) is 105 cm³/mol. The summed E-state index contributed by atoms with van der Waals surface area (Å²) in [6.07, 6.45) is 3.44. The van der Waals surface area contributed by atoms with Crippen molar-refractivity contribution >= 4 is 44.7 Å². The Morgan fingerprint density at radius 1 is 1.25 bits per heavy atom. The number of hydrogen-bond donors (Lipinski definition) is 1. The number of hydrogen-bond acceptors (Lipinski definition) is 4. The molecule has 1 N–H and O–H groups in total. The lowest BCUT2D eigenvalue weighted by molar-refractivity contribution is -0.116. The number of carbonyl (C=O) groups is 1. The Hall–Kier alpha value is -1.95. The van der Waals surface area contributed by atoms with E-state index in [1.54, 1.807) is 28.7 Å². The zero-order valence-electron chi connectivity index (χ0n) is 13.7. The number of rotatable bonds is 6. The van der Waals surface area contributed by atoms with Crippen LogP contribution in [-0.2, 0) is 4.79 Å². The van der Waals surface area contributed by atoms with E-state index < -0.39 is 0 Å². The molecule has 2 heterocycles. The van der Waals surface area contributed by atoms with Crippen LogP contribution < -0.4 is 5.32 Å². The van der Waals surface area contributed by atoms with Gasteiger partial charge in [-0.15, -0.1) is 11.3 Å². The summed E-state index contributed by atoms with van der Waals surface area (Å²) < 4.78 is 1.28. The number of nitrogens with one attached hydrogen (secondary N) is 1. The zero-order chi connectivity index (χ0) is 16.9. The van der Waals surface area contributed by atoms with Crippen molar-refractivity contribution in [2.24, 2.45) is 0 Å². The van der Waals surface area contributed by atoms with Crippen LogP contribution in [0.1, 0.15) is 17.2 Å². The summed E-state index contributed by atoms with van der Waals surface area (Å²) in [5, 5.41) is 10.5. The van der Waals surface area contributed by atoms with Gasteiger partial charge in [0.15, 0.2) is 0 Å². The molecule has 3 nitrogen and oxygen atoms in total. The van der Waals surface area contributed by atoms with Crippen LogP contribution in [-0.4, -0.2) is 31.4 Å². The van der Waals surface area contributed by atoms with Gasteiger partial charge in [0.05, 0.1) is 6.04 Å². The van der Waals surface area contributed by atoms with Gasteiger partial charge in [-0.2, -0.15) is 11.3 Å². The second-order valence-corrected chi connectivity index (χ2v) is 7.49. The van der Waals surface area contributed by atoms with E-state index in [1.165, 1.54) is 15.6 Å². The Morgan fingerprint density at radius 2 is 2.08 bits per heavy atom. The molecule has 2 aromatic heterocycles. The molecule has 3 rings (SSSR count). The molecule has 0 fully saturated rings. The van der Waals surface area contributed by atoms with Crippen molar-refractivity contribution in [2.75, 3.05) is 20.6 Å². The molecule has 0 saturated heterocycles. The average Bonchev–Trinajstić information content (AvgIpc) is 3.23. The molecule has 24 heavy (non-hydrogen) atoms. The SMILES string of the molecule is CN(C)C(CNC(=O)C=Cc1ccsc1)c1csc2ccccc12. The maximum atomic E-state index is 12.1. The van der Waals surface area contributed by atoms with Gasteiger partial charge in [-0.05, 0) is 65.0 Å². The summed E-state index contributed by atoms with van der Waals surface area (Å²) >= 11 is 3.37. The number of nitrogens with zero attached hydrogens (tertiary/aromatic N) is 1. The Morgan fingerprint density at radius 3 is 2.83 bits per heavy atom. The maximum absolute atomic E-state index is 12.1. The molecule has 1 aromatic carbocycles. The highest BCUT2D eigenvalue weighted by Gasteiger charge is 2.18. The van der Waals surface area contributed by atoms with Gasteiger partial charge in [0.2, 0.25) is 5.91 Å². The van der Waals surface area contributed by atoms with E-state index in [9.17, 15) is 4.79 Å². The largest absolute Gasteiger partial charge is 0.351 e. The van der Waals surface area contributed by atoms with Crippen molar-refractivity contribution in [3.8, 4) is 0 Å². The van der Waals surface area contributed by atoms with Crippen molar-refractivity contribution in [1.29, 1.82) is 0 Å². The summed E-state index contributed by atoms with van der Waals surface area (Å²) in [5.74, 6) is -0.0624. The summed E-state index contributed by atoms with van der Waals surface area (Å²) in [7, 11) is 4.09. The van der Waals surface area contributed by atoms with E-state index >= 15 is 0 Å². The van der Waals surface area contributed by atoms with Gasteiger partial charge < -0.3 is 10.2 Å². The lowest BCUT2D eigenvalue weighted by atomic mass is 10.0. The van der Waals surface area contributed by atoms with Gasteiger partial charge in [-0.3, -0.25) is 4.79 Å². The monoisotopic (exact) mass is 356 g/mol. The summed E-state index contributed by atoms with van der Waals surface area (Å²) in [4.78, 5) is 14.2. The summed E-state index contributed by atoms with van der Waals surface area (Å²) in [6, 6.07) is 10.6. The molecule has 0 aliphatic carbocycles. The van der Waals surface area contributed by atoms with E-state index in [4.69, 9.17) is 0 Å². The lowest BCUT2D eigenvalue weighted by Crippen LogP contribution is -2.33. The highest BCUT2D eigenvalue weighted by atomic mass is 32.1. The van der Waals surface area contributed by atoms with Crippen LogP contribution in [0.25, 0.3) is 16.2 Å². The highest BCUT2D eigenvalue weighted by Crippen LogP contribution is 2.31. The smallest absolute Gasteiger partial charge is 0.244 e. The third-order valence-corrected chi connectivity index (χ3v) is 5.62. The molecule has 1 amide bonds. The zero-order valence-corrected chi connectivity index (χ0v) is 15.4. The Balaban J connectivity index is 1.69. The summed E-state index contributed by atoms with van der Waals surface area (Å²) in [5.41, 5.74) is 2.32. The molecule has 5 heteroatoms. The maximum Gasteiger partial charge on any atom is 0.244 e. The van der Waals surface area contributed by atoms with Crippen molar-refractivity contribution in [3.63, 3.8) is 0 Å². The fourth-order valence-corrected chi connectivity index (χ4v) is 4.26. The summed E-state index contributed by atoms with van der Waals surface area (Å²) in [6.45, 7) is 0.584. The van der Waals surface area contributed by atoms with Gasteiger partial charge in [0, 0.05) is 17.3 Å². The molecule has 0 radical (unpaired) electrons. The Bertz CT molecular complexity index is 834. The standard InChI is InChI=1S/C19H20N2OS2/c1-21(2)17(16-13-24-18-6-4-3-5-15(16)18)11-20-19(22)8-7-14-9-10-23-12-14/h3-10,12-13,17H,11H2,1-2H3,(H,20,22). The van der Waals surface area contributed by atoms with Gasteiger partial charge in [-0.25, -0.2) is 0 Å². The van der Waals surface area contributed by atoms with Crippen molar-refractivity contribution in [3.05, 3.63) is 63.7 Å². The Labute approximate surface area is 150 Å². The van der Waals surface area contributed by atoms with Crippen LogP contribution >= 0.6 is 22.7 Å². The highest BCUT2D eigenvalue weighted by molar-refractivity contribution is 7.17. The quantitative estimate of drug-likeness (QED) is 0.664. The molecule has 124 valence electrons. The molecule has 0 saturated carbocycles. The van der Waals surface area contributed by atoms with Crippen LogP contribution in [0.3, 0.4) is 0 Å². The number of amides is 1. The normalized spacial score (nSPS) is 13.0. The van der Waals surface area contributed by atoms with Crippen LogP contribution in [0, 0.1) is 0 Å². The van der Waals surface area contributed by atoms with E-state index in [2.05, 4.69) is 39.9 Å². The third-order valence-electron chi connectivity index (χ3n) is 3.93. The number of thiophene rings is 2. The first-order valence-corrected chi connectivity index (χ1v) is 9.58. The lowest BCUT2D eigenvalue weighted by Gasteiger charge is -2.24. The predicted octanol–water partition coefficient (Wildman–Crippen LogP) is 4.40. The molecule has 1 atom stereocenters. The van der Waals surface area contributed by atoms with E-state index in [1.807, 2.05) is 37.0 Å². The number of carbonyl (C=O) groups excluding carboxylic acids is 1. The van der Waals surface area contributed by atoms with Crippen LogP contribution in [0.15, 0.2) is 52.5 Å². The van der Waals surface area contributed by atoms with Gasteiger partial charge in [0.1, 0.15) is 0 Å². The van der Waals surface area contributed by atoms with Crippen LogP contribution in [0.5, 0.6) is 0 Å². The van der Waals surface area contributed by atoms with E-state index in [0.717, 1.165) is 5.56 Å².